The van der Waals surface area contributed by atoms with Gasteiger partial charge in [0.05, 0.1) is 0 Å². The predicted molar refractivity (Wildman–Crippen MR) is 62.5 cm³/mol. The van der Waals surface area contributed by atoms with Crippen LogP contribution in [0.5, 0.6) is 0 Å². The van der Waals surface area contributed by atoms with E-state index in [4.69, 9.17) is 5.73 Å². The van der Waals surface area contributed by atoms with Crippen LogP contribution in [0.2, 0.25) is 0 Å². The van der Waals surface area contributed by atoms with Crippen LogP contribution in [0.25, 0.3) is 0 Å². The molecule has 2 N–H and O–H groups in total. The second-order valence-corrected chi connectivity index (χ2v) is 5.63. The monoisotopic (exact) mass is 212 g/mol. The molecule has 0 radical (unpaired) electrons. The zero-order valence-corrected chi connectivity index (χ0v) is 10.3. The molecule has 15 heavy (non-hydrogen) atoms. The smallest absolute Gasteiger partial charge is 0.217 e. The average Bonchev–Trinajstić information content (AvgIpc) is 2.14. The van der Waals surface area contributed by atoms with Crippen LogP contribution in [0.1, 0.15) is 46.5 Å². The van der Waals surface area contributed by atoms with E-state index in [-0.39, 0.29) is 11.4 Å². The molecule has 1 saturated heterocycles. The predicted octanol–water partition coefficient (Wildman–Crippen LogP) is 1.76. The van der Waals surface area contributed by atoms with E-state index in [1.807, 2.05) is 0 Å². The van der Waals surface area contributed by atoms with Crippen molar-refractivity contribution < 1.29 is 4.79 Å². The number of carbonyl (C=O) groups excluding carboxylic acids is 1. The number of likely N-dealkylation sites (tertiary alicyclic amines) is 1. The summed E-state index contributed by atoms with van der Waals surface area (Å²) in [6, 6.07) is 0. The van der Waals surface area contributed by atoms with Gasteiger partial charge in [0.15, 0.2) is 0 Å². The Bertz CT molecular complexity index is 220. The number of carbonyl (C=O) groups is 1. The van der Waals surface area contributed by atoms with Crippen LogP contribution in [0, 0.1) is 5.92 Å². The highest BCUT2D eigenvalue weighted by atomic mass is 16.1. The molecule has 0 aromatic rings. The van der Waals surface area contributed by atoms with E-state index in [1.165, 1.54) is 19.4 Å². The van der Waals surface area contributed by atoms with Crippen molar-refractivity contribution in [3.05, 3.63) is 0 Å². The van der Waals surface area contributed by atoms with Gasteiger partial charge in [-0.2, -0.15) is 0 Å². The van der Waals surface area contributed by atoms with E-state index in [1.54, 1.807) is 0 Å². The van der Waals surface area contributed by atoms with Crippen LogP contribution < -0.4 is 5.73 Å². The maximum atomic E-state index is 10.7. The summed E-state index contributed by atoms with van der Waals surface area (Å²) in [6.07, 6.45) is 4.01. The first kappa shape index (κ1) is 12.5. The summed E-state index contributed by atoms with van der Waals surface area (Å²) >= 11 is 0. The fraction of sp³-hybridized carbons (Fsp3) is 0.917. The molecule has 1 aliphatic heterocycles. The molecule has 0 aliphatic carbocycles. The van der Waals surface area contributed by atoms with Gasteiger partial charge >= 0.3 is 0 Å². The minimum atomic E-state index is -0.164. The van der Waals surface area contributed by atoms with Gasteiger partial charge in [0.1, 0.15) is 0 Å². The molecule has 1 amide bonds. The summed E-state index contributed by atoms with van der Waals surface area (Å²) < 4.78 is 0. The Morgan fingerprint density at radius 1 is 1.47 bits per heavy atom. The van der Waals surface area contributed by atoms with Crippen molar-refractivity contribution in [2.45, 2.75) is 52.0 Å². The minimum absolute atomic E-state index is 0.164. The number of hydrogen-bond donors (Lipinski definition) is 1. The van der Waals surface area contributed by atoms with Gasteiger partial charge < -0.3 is 5.73 Å². The lowest BCUT2D eigenvalue weighted by Crippen LogP contribution is -2.47. The number of amides is 1. The van der Waals surface area contributed by atoms with Gasteiger partial charge in [-0.3, -0.25) is 9.69 Å². The van der Waals surface area contributed by atoms with Gasteiger partial charge in [0.2, 0.25) is 5.91 Å². The van der Waals surface area contributed by atoms with Gasteiger partial charge in [0.25, 0.3) is 0 Å². The van der Waals surface area contributed by atoms with Crippen LogP contribution >= 0.6 is 0 Å². The number of nitrogens with zero attached hydrogens (tertiary/aromatic N) is 1. The molecule has 1 unspecified atom stereocenters. The topological polar surface area (TPSA) is 46.3 Å². The standard InChI is InChI=1S/C12H24N2O/c1-12(2,3)14-8-4-5-10(9-14)6-7-11(13)15/h10H,4-9H2,1-3H3,(H2,13,15). The molecular weight excluding hydrogens is 188 g/mol. The number of primary amides is 1. The number of rotatable bonds is 3. The molecule has 0 saturated carbocycles. The summed E-state index contributed by atoms with van der Waals surface area (Å²) in [4.78, 5) is 13.2. The van der Waals surface area contributed by atoms with Gasteiger partial charge in [-0.05, 0) is 52.5 Å². The summed E-state index contributed by atoms with van der Waals surface area (Å²) in [6.45, 7) is 9.07. The van der Waals surface area contributed by atoms with Crippen molar-refractivity contribution in [3.63, 3.8) is 0 Å². The molecule has 88 valence electrons. The second kappa shape index (κ2) is 4.97. The highest BCUT2D eigenvalue weighted by Gasteiger charge is 2.27. The molecule has 0 spiro atoms. The SMILES string of the molecule is CC(C)(C)N1CCCC(CCC(N)=O)C1. The largest absolute Gasteiger partial charge is 0.370 e. The molecule has 3 heteroatoms. The zero-order valence-electron chi connectivity index (χ0n) is 10.3. The van der Waals surface area contributed by atoms with E-state index >= 15 is 0 Å². The Morgan fingerprint density at radius 2 is 2.13 bits per heavy atom. The Balaban J connectivity index is 2.39. The summed E-state index contributed by atoms with van der Waals surface area (Å²) in [5, 5.41) is 0. The van der Waals surface area contributed by atoms with Crippen LogP contribution in [-0.2, 0) is 4.79 Å². The Labute approximate surface area is 93.0 Å². The van der Waals surface area contributed by atoms with Crippen molar-refractivity contribution in [1.29, 1.82) is 0 Å². The first-order valence-electron chi connectivity index (χ1n) is 5.93. The van der Waals surface area contributed by atoms with Crippen molar-refractivity contribution >= 4 is 5.91 Å². The third-order valence-corrected chi connectivity index (χ3v) is 3.27. The first-order chi connectivity index (χ1) is 6.89. The third-order valence-electron chi connectivity index (χ3n) is 3.27. The molecule has 1 atom stereocenters. The Hall–Kier alpha value is -0.570. The van der Waals surface area contributed by atoms with Crippen molar-refractivity contribution in [3.8, 4) is 0 Å². The molecule has 1 rings (SSSR count). The van der Waals surface area contributed by atoms with Gasteiger partial charge in [-0.15, -0.1) is 0 Å². The van der Waals surface area contributed by atoms with Crippen LogP contribution in [-0.4, -0.2) is 29.4 Å². The maximum absolute atomic E-state index is 10.7. The van der Waals surface area contributed by atoms with E-state index in [0.29, 0.717) is 12.3 Å². The molecule has 0 aromatic carbocycles. The van der Waals surface area contributed by atoms with Gasteiger partial charge in [0, 0.05) is 18.5 Å². The van der Waals surface area contributed by atoms with Crippen LogP contribution in [0.3, 0.4) is 0 Å². The van der Waals surface area contributed by atoms with E-state index in [0.717, 1.165) is 13.0 Å². The molecule has 1 heterocycles. The highest BCUT2D eigenvalue weighted by Crippen LogP contribution is 2.26. The van der Waals surface area contributed by atoms with Gasteiger partial charge in [-0.1, -0.05) is 0 Å². The highest BCUT2D eigenvalue weighted by molar-refractivity contribution is 5.73. The molecular formula is C12H24N2O. The quantitative estimate of drug-likeness (QED) is 0.775. The molecule has 3 nitrogen and oxygen atoms in total. The first-order valence-corrected chi connectivity index (χ1v) is 5.93. The number of hydrogen-bond acceptors (Lipinski definition) is 2. The molecule has 0 aromatic heterocycles. The summed E-state index contributed by atoms with van der Waals surface area (Å²) in [5.41, 5.74) is 5.43. The second-order valence-electron chi connectivity index (χ2n) is 5.63. The average molecular weight is 212 g/mol. The lowest BCUT2D eigenvalue weighted by molar-refractivity contribution is -0.118. The fourth-order valence-electron chi connectivity index (χ4n) is 2.26. The van der Waals surface area contributed by atoms with E-state index in [9.17, 15) is 4.79 Å². The number of nitrogens with two attached hydrogens (primary N) is 1. The summed E-state index contributed by atoms with van der Waals surface area (Å²) in [7, 11) is 0. The van der Waals surface area contributed by atoms with Crippen LogP contribution in [0.15, 0.2) is 0 Å². The van der Waals surface area contributed by atoms with E-state index < -0.39 is 0 Å². The van der Waals surface area contributed by atoms with Crippen molar-refractivity contribution in [1.82, 2.24) is 4.90 Å². The fourth-order valence-corrected chi connectivity index (χ4v) is 2.26. The molecule has 1 aliphatic rings. The third kappa shape index (κ3) is 4.20. The van der Waals surface area contributed by atoms with Crippen molar-refractivity contribution in [2.75, 3.05) is 13.1 Å². The van der Waals surface area contributed by atoms with E-state index in [2.05, 4.69) is 25.7 Å². The minimum Gasteiger partial charge on any atom is -0.370 e. The number of piperidine rings is 1. The van der Waals surface area contributed by atoms with Crippen molar-refractivity contribution in [2.24, 2.45) is 11.7 Å². The normalized spacial score (nSPS) is 24.1. The lowest BCUT2D eigenvalue weighted by Gasteiger charge is -2.41. The lowest BCUT2D eigenvalue weighted by atomic mass is 9.90. The molecule has 1 fully saturated rings. The molecule has 0 bridgehead atoms. The zero-order chi connectivity index (χ0) is 11.5. The van der Waals surface area contributed by atoms with Gasteiger partial charge in [-0.25, -0.2) is 0 Å². The van der Waals surface area contributed by atoms with Crippen LogP contribution in [0.4, 0.5) is 0 Å². The maximum Gasteiger partial charge on any atom is 0.217 e. The Morgan fingerprint density at radius 3 is 2.67 bits per heavy atom. The Kier molecular flexibility index (Phi) is 4.14. The summed E-state index contributed by atoms with van der Waals surface area (Å²) in [5.74, 6) is 0.494.